The van der Waals surface area contributed by atoms with Gasteiger partial charge in [0.2, 0.25) is 0 Å². The summed E-state index contributed by atoms with van der Waals surface area (Å²) < 4.78 is 8.31. The maximum absolute atomic E-state index is 5.39. The number of benzene rings is 1. The number of aryl methyl sites for hydroxylation is 1. The van der Waals surface area contributed by atoms with Crippen LogP contribution in [0.2, 0.25) is 0 Å². The first kappa shape index (κ1) is 11.2. The van der Waals surface area contributed by atoms with Crippen LogP contribution in [0, 0.1) is 0 Å². The van der Waals surface area contributed by atoms with Gasteiger partial charge in [0, 0.05) is 12.6 Å². The molecule has 16 heavy (non-hydrogen) atoms. The van der Waals surface area contributed by atoms with Crippen molar-refractivity contribution in [2.24, 2.45) is 7.05 Å². The molecule has 0 atom stereocenters. The van der Waals surface area contributed by atoms with E-state index in [1.54, 1.807) is 6.33 Å². The minimum atomic E-state index is 0.687. The second-order valence-corrected chi connectivity index (χ2v) is 4.20. The number of ether oxygens (including phenoxy) is 1. The Hall–Kier alpha value is -1.29. The van der Waals surface area contributed by atoms with Crippen molar-refractivity contribution in [3.8, 4) is 17.0 Å². The van der Waals surface area contributed by atoms with E-state index in [4.69, 9.17) is 4.74 Å². The summed E-state index contributed by atoms with van der Waals surface area (Å²) in [5, 5.41) is 0. The lowest BCUT2D eigenvalue weighted by atomic mass is 10.2. The molecule has 1 aromatic heterocycles. The van der Waals surface area contributed by atoms with Gasteiger partial charge in [-0.1, -0.05) is 0 Å². The lowest BCUT2D eigenvalue weighted by Gasteiger charge is -2.04. The molecular weight excluding hydrogens is 268 g/mol. The van der Waals surface area contributed by atoms with Gasteiger partial charge in [-0.2, -0.15) is 0 Å². The molecule has 1 heterocycles. The van der Waals surface area contributed by atoms with Gasteiger partial charge >= 0.3 is 0 Å². The monoisotopic (exact) mass is 280 g/mol. The lowest BCUT2D eigenvalue weighted by Crippen LogP contribution is -1.90. The molecule has 2 rings (SSSR count). The fourth-order valence-electron chi connectivity index (χ4n) is 1.48. The Bertz CT molecular complexity index is 476. The number of hydrogen-bond donors (Lipinski definition) is 0. The zero-order valence-electron chi connectivity index (χ0n) is 9.27. The van der Waals surface area contributed by atoms with E-state index in [1.165, 1.54) is 0 Å². The first-order chi connectivity index (χ1) is 7.72. The molecule has 4 heteroatoms. The molecule has 84 valence electrons. The van der Waals surface area contributed by atoms with Gasteiger partial charge in [0.15, 0.2) is 0 Å². The third kappa shape index (κ3) is 2.11. The molecular formula is C12H13BrN2O. The number of hydrogen-bond acceptors (Lipinski definition) is 2. The maximum atomic E-state index is 5.39. The Labute approximate surface area is 103 Å². The summed E-state index contributed by atoms with van der Waals surface area (Å²) in [6.07, 6.45) is 1.79. The molecule has 0 saturated carbocycles. The maximum Gasteiger partial charge on any atom is 0.119 e. The topological polar surface area (TPSA) is 27.1 Å². The average Bonchev–Trinajstić information content (AvgIpc) is 2.62. The average molecular weight is 281 g/mol. The zero-order chi connectivity index (χ0) is 11.5. The SMILES string of the molecule is CCOc1ccc(-c2ncn(C)c2Br)cc1. The van der Waals surface area contributed by atoms with Gasteiger partial charge < -0.3 is 9.30 Å². The Balaban J connectivity index is 2.31. The largest absolute Gasteiger partial charge is 0.494 e. The van der Waals surface area contributed by atoms with E-state index in [0.29, 0.717) is 6.61 Å². The molecule has 0 amide bonds. The van der Waals surface area contributed by atoms with Crippen molar-refractivity contribution in [2.75, 3.05) is 6.61 Å². The molecule has 3 nitrogen and oxygen atoms in total. The molecule has 0 saturated heterocycles. The molecule has 0 aliphatic carbocycles. The fraction of sp³-hybridized carbons (Fsp3) is 0.250. The first-order valence-electron chi connectivity index (χ1n) is 5.12. The van der Waals surface area contributed by atoms with Gasteiger partial charge in [-0.25, -0.2) is 4.98 Å². The minimum Gasteiger partial charge on any atom is -0.494 e. The Morgan fingerprint density at radius 3 is 2.50 bits per heavy atom. The smallest absolute Gasteiger partial charge is 0.119 e. The van der Waals surface area contributed by atoms with E-state index in [-0.39, 0.29) is 0 Å². The van der Waals surface area contributed by atoms with Gasteiger partial charge in [-0.3, -0.25) is 0 Å². The van der Waals surface area contributed by atoms with Crippen LogP contribution in [0.5, 0.6) is 5.75 Å². The predicted molar refractivity (Wildman–Crippen MR) is 67.5 cm³/mol. The van der Waals surface area contributed by atoms with Gasteiger partial charge in [0.05, 0.1) is 12.9 Å². The van der Waals surface area contributed by atoms with E-state index >= 15 is 0 Å². The van der Waals surface area contributed by atoms with Crippen LogP contribution in [0.15, 0.2) is 35.2 Å². The number of aromatic nitrogens is 2. The van der Waals surface area contributed by atoms with Crippen molar-refractivity contribution in [1.29, 1.82) is 0 Å². The molecule has 0 aliphatic heterocycles. The van der Waals surface area contributed by atoms with Gasteiger partial charge in [0.25, 0.3) is 0 Å². The molecule has 0 N–H and O–H groups in total. The Morgan fingerprint density at radius 1 is 1.31 bits per heavy atom. The van der Waals surface area contributed by atoms with Gasteiger partial charge in [-0.15, -0.1) is 0 Å². The van der Waals surface area contributed by atoms with E-state index < -0.39 is 0 Å². The number of nitrogens with zero attached hydrogens (tertiary/aromatic N) is 2. The normalized spacial score (nSPS) is 10.4. The molecule has 0 aliphatic rings. The zero-order valence-corrected chi connectivity index (χ0v) is 10.9. The van der Waals surface area contributed by atoms with E-state index in [2.05, 4.69) is 20.9 Å². The summed E-state index contributed by atoms with van der Waals surface area (Å²) in [7, 11) is 1.95. The van der Waals surface area contributed by atoms with Crippen molar-refractivity contribution in [2.45, 2.75) is 6.92 Å². The second kappa shape index (κ2) is 4.70. The molecule has 0 unspecified atom stereocenters. The Kier molecular flexibility index (Phi) is 3.29. The van der Waals surface area contributed by atoms with Crippen LogP contribution < -0.4 is 4.74 Å². The third-order valence-electron chi connectivity index (χ3n) is 2.30. The van der Waals surface area contributed by atoms with Crippen molar-refractivity contribution in [1.82, 2.24) is 9.55 Å². The first-order valence-corrected chi connectivity index (χ1v) is 5.91. The molecule has 2 aromatic rings. The van der Waals surface area contributed by atoms with Gasteiger partial charge in [-0.05, 0) is 47.1 Å². The molecule has 1 aromatic carbocycles. The van der Waals surface area contributed by atoms with Crippen molar-refractivity contribution in [3.05, 3.63) is 35.2 Å². The lowest BCUT2D eigenvalue weighted by molar-refractivity contribution is 0.340. The van der Waals surface area contributed by atoms with Crippen molar-refractivity contribution in [3.63, 3.8) is 0 Å². The second-order valence-electron chi connectivity index (χ2n) is 3.45. The van der Waals surface area contributed by atoms with E-state index in [0.717, 1.165) is 21.6 Å². The summed E-state index contributed by atoms with van der Waals surface area (Å²) in [5.41, 5.74) is 2.03. The summed E-state index contributed by atoms with van der Waals surface area (Å²) in [6, 6.07) is 7.94. The Morgan fingerprint density at radius 2 is 2.00 bits per heavy atom. The summed E-state index contributed by atoms with van der Waals surface area (Å²) in [5.74, 6) is 0.887. The highest BCUT2D eigenvalue weighted by Crippen LogP contribution is 2.27. The molecule has 0 fully saturated rings. The highest BCUT2D eigenvalue weighted by molar-refractivity contribution is 9.10. The van der Waals surface area contributed by atoms with E-state index in [1.807, 2.05) is 42.8 Å². The van der Waals surface area contributed by atoms with Crippen LogP contribution in [0.25, 0.3) is 11.3 Å². The molecule has 0 bridgehead atoms. The van der Waals surface area contributed by atoms with Crippen LogP contribution in [-0.2, 0) is 7.05 Å². The summed E-state index contributed by atoms with van der Waals surface area (Å²) in [4.78, 5) is 4.34. The summed E-state index contributed by atoms with van der Waals surface area (Å²) in [6.45, 7) is 2.66. The highest BCUT2D eigenvalue weighted by atomic mass is 79.9. The van der Waals surface area contributed by atoms with Crippen molar-refractivity contribution < 1.29 is 4.74 Å². The standard InChI is InChI=1S/C12H13BrN2O/c1-3-16-10-6-4-9(5-7-10)11-12(13)15(2)8-14-11/h4-8H,3H2,1-2H3. The van der Waals surface area contributed by atoms with Crippen LogP contribution in [-0.4, -0.2) is 16.2 Å². The number of rotatable bonds is 3. The van der Waals surface area contributed by atoms with Crippen LogP contribution in [0.4, 0.5) is 0 Å². The highest BCUT2D eigenvalue weighted by Gasteiger charge is 2.07. The number of halogens is 1. The number of imidazole rings is 1. The van der Waals surface area contributed by atoms with Gasteiger partial charge in [0.1, 0.15) is 16.0 Å². The third-order valence-corrected chi connectivity index (χ3v) is 3.24. The summed E-state index contributed by atoms with van der Waals surface area (Å²) >= 11 is 3.51. The van der Waals surface area contributed by atoms with Crippen LogP contribution in [0.1, 0.15) is 6.92 Å². The fourth-order valence-corrected chi connectivity index (χ4v) is 1.91. The molecule has 0 radical (unpaired) electrons. The minimum absolute atomic E-state index is 0.687. The predicted octanol–water partition coefficient (Wildman–Crippen LogP) is 3.25. The van der Waals surface area contributed by atoms with Crippen LogP contribution >= 0.6 is 15.9 Å². The van der Waals surface area contributed by atoms with E-state index in [9.17, 15) is 0 Å². The quantitative estimate of drug-likeness (QED) is 0.863. The van der Waals surface area contributed by atoms with Crippen LogP contribution in [0.3, 0.4) is 0 Å². The molecule has 0 spiro atoms. The van der Waals surface area contributed by atoms with Crippen molar-refractivity contribution >= 4 is 15.9 Å².